The van der Waals surface area contributed by atoms with Gasteiger partial charge in [0.05, 0.1) is 6.61 Å². The molecule has 1 heterocycles. The zero-order valence-corrected chi connectivity index (χ0v) is 19.1. The van der Waals surface area contributed by atoms with Crippen molar-refractivity contribution < 1.29 is 33.6 Å². The fourth-order valence-electron chi connectivity index (χ4n) is 4.17. The minimum Gasteiger partial charge on any atom is -0.479 e. The first-order valence-corrected chi connectivity index (χ1v) is 10.9. The third kappa shape index (κ3) is 4.58. The molecule has 3 aromatic rings. The normalized spacial score (nSPS) is 13.9. The molecule has 0 radical (unpaired) electrons. The van der Waals surface area contributed by atoms with Crippen molar-refractivity contribution in [3.8, 4) is 11.1 Å². The molecular weight excluding hydrogens is 456 g/mol. The fraction of sp³-hybridized carbons (Fsp3) is 0.292. The summed E-state index contributed by atoms with van der Waals surface area (Å²) >= 11 is 0. The molecule has 2 aromatic carbocycles. The van der Waals surface area contributed by atoms with E-state index in [9.17, 15) is 19.5 Å². The van der Waals surface area contributed by atoms with Crippen molar-refractivity contribution in [1.29, 1.82) is 0 Å². The number of methoxy groups -OCH3 is 1. The molecule has 35 heavy (non-hydrogen) atoms. The monoisotopic (exact) mass is 480 g/mol. The number of fused-ring (bicyclic) bond motifs is 3. The van der Waals surface area contributed by atoms with Crippen molar-refractivity contribution in [3.63, 3.8) is 0 Å². The maximum Gasteiger partial charge on any atom is 0.412 e. The third-order valence-electron chi connectivity index (χ3n) is 6.02. The van der Waals surface area contributed by atoms with E-state index in [0.29, 0.717) is 0 Å². The quantitative estimate of drug-likeness (QED) is 0.419. The second-order valence-electron chi connectivity index (χ2n) is 8.04. The standard InChI is InChI=1S/C24H24N4O7/c1-3-24(13-33-2,22(30)31)26-21(29)19-20(28-35-27-19)25-23(32)34-12-18-16-10-6-4-8-14(16)15-9-5-7-11-17(15)18/h4-11,18H,3,12-13H2,1-2H3,(H,26,29)(H,30,31)(H,25,28,32). The second kappa shape index (κ2) is 9.94. The molecule has 0 bridgehead atoms. The Hall–Kier alpha value is -4.25. The first-order valence-electron chi connectivity index (χ1n) is 10.9. The zero-order chi connectivity index (χ0) is 25.0. The van der Waals surface area contributed by atoms with Crippen LogP contribution in [0.5, 0.6) is 0 Å². The predicted molar refractivity (Wildman–Crippen MR) is 123 cm³/mol. The molecule has 1 aliphatic carbocycles. The number of nitrogens with one attached hydrogen (secondary N) is 2. The molecule has 3 N–H and O–H groups in total. The van der Waals surface area contributed by atoms with Gasteiger partial charge in [-0.15, -0.1) is 0 Å². The number of amides is 2. The molecule has 1 atom stereocenters. The molecule has 1 unspecified atom stereocenters. The molecule has 0 saturated carbocycles. The molecule has 11 nitrogen and oxygen atoms in total. The summed E-state index contributed by atoms with van der Waals surface area (Å²) in [6.45, 7) is 1.37. The van der Waals surface area contributed by atoms with Crippen LogP contribution in [-0.4, -0.2) is 59.3 Å². The van der Waals surface area contributed by atoms with Gasteiger partial charge >= 0.3 is 12.1 Å². The van der Waals surface area contributed by atoms with Gasteiger partial charge in [0.1, 0.15) is 6.61 Å². The Morgan fingerprint density at radius 2 is 1.69 bits per heavy atom. The highest BCUT2D eigenvalue weighted by atomic mass is 16.6. The summed E-state index contributed by atoms with van der Waals surface area (Å²) < 4.78 is 15.0. The average molecular weight is 480 g/mol. The Morgan fingerprint density at radius 3 is 2.26 bits per heavy atom. The second-order valence-corrected chi connectivity index (χ2v) is 8.04. The van der Waals surface area contributed by atoms with E-state index in [1.54, 1.807) is 6.92 Å². The fourth-order valence-corrected chi connectivity index (χ4v) is 4.17. The van der Waals surface area contributed by atoms with Gasteiger partial charge < -0.3 is 19.9 Å². The number of nitrogens with zero attached hydrogens (tertiary/aromatic N) is 2. The van der Waals surface area contributed by atoms with Crippen molar-refractivity contribution in [3.05, 3.63) is 65.4 Å². The van der Waals surface area contributed by atoms with Crippen LogP contribution in [0.3, 0.4) is 0 Å². The summed E-state index contributed by atoms with van der Waals surface area (Å²) in [4.78, 5) is 37.0. The molecule has 182 valence electrons. The number of anilines is 1. The number of aliphatic carboxylic acids is 1. The molecular formula is C24H24N4O7. The SMILES string of the molecule is CCC(COC)(NC(=O)c1nonc1NC(=O)OCC1c2ccccc2-c2ccccc21)C(=O)O. The van der Waals surface area contributed by atoms with Gasteiger partial charge in [0.25, 0.3) is 5.91 Å². The molecule has 11 heteroatoms. The number of carbonyl (C=O) groups excluding carboxylic acids is 2. The molecule has 0 saturated heterocycles. The van der Waals surface area contributed by atoms with E-state index in [1.807, 2.05) is 48.5 Å². The lowest BCUT2D eigenvalue weighted by Gasteiger charge is -2.28. The van der Waals surface area contributed by atoms with E-state index in [2.05, 4.69) is 25.6 Å². The molecule has 0 aliphatic heterocycles. The highest BCUT2D eigenvalue weighted by Gasteiger charge is 2.40. The molecule has 1 aliphatic rings. The number of ether oxygens (including phenoxy) is 2. The van der Waals surface area contributed by atoms with Crippen LogP contribution in [0, 0.1) is 0 Å². The smallest absolute Gasteiger partial charge is 0.412 e. The van der Waals surface area contributed by atoms with E-state index >= 15 is 0 Å². The Labute approximate surface area is 200 Å². The van der Waals surface area contributed by atoms with E-state index in [-0.39, 0.29) is 31.4 Å². The Morgan fingerprint density at radius 1 is 1.06 bits per heavy atom. The third-order valence-corrected chi connectivity index (χ3v) is 6.02. The Kier molecular flexibility index (Phi) is 6.78. The highest BCUT2D eigenvalue weighted by molar-refractivity contribution is 6.01. The first kappa shape index (κ1) is 23.9. The molecule has 4 rings (SSSR count). The minimum atomic E-state index is -1.69. The Bertz CT molecular complexity index is 1210. The van der Waals surface area contributed by atoms with Crippen LogP contribution in [0.15, 0.2) is 53.2 Å². The summed E-state index contributed by atoms with van der Waals surface area (Å²) in [6, 6.07) is 15.8. The van der Waals surface area contributed by atoms with Crippen LogP contribution in [0.4, 0.5) is 10.6 Å². The largest absolute Gasteiger partial charge is 0.479 e. The van der Waals surface area contributed by atoms with E-state index in [1.165, 1.54) is 7.11 Å². The number of carboxylic acids is 1. The molecule has 2 amide bonds. The van der Waals surface area contributed by atoms with Crippen LogP contribution in [-0.2, 0) is 14.3 Å². The molecule has 1 aromatic heterocycles. The summed E-state index contributed by atoms with van der Waals surface area (Å²) in [5, 5.41) is 21.3. The molecule has 0 fully saturated rings. The van der Waals surface area contributed by atoms with Gasteiger partial charge in [-0.2, -0.15) is 0 Å². The van der Waals surface area contributed by atoms with Gasteiger partial charge in [-0.3, -0.25) is 10.1 Å². The van der Waals surface area contributed by atoms with Crippen molar-refractivity contribution in [1.82, 2.24) is 15.6 Å². The van der Waals surface area contributed by atoms with Gasteiger partial charge in [0.15, 0.2) is 5.54 Å². The Balaban J connectivity index is 1.44. The number of aromatic nitrogens is 2. The number of carbonyl (C=O) groups is 3. The van der Waals surface area contributed by atoms with Gasteiger partial charge in [-0.05, 0) is 39.0 Å². The highest BCUT2D eigenvalue weighted by Crippen LogP contribution is 2.44. The average Bonchev–Trinajstić information content (AvgIpc) is 3.44. The van der Waals surface area contributed by atoms with Gasteiger partial charge in [-0.25, -0.2) is 14.2 Å². The lowest BCUT2D eigenvalue weighted by molar-refractivity contribution is -0.147. The lowest BCUT2D eigenvalue weighted by Crippen LogP contribution is -2.57. The number of rotatable bonds is 9. The lowest BCUT2D eigenvalue weighted by atomic mass is 9.97. The van der Waals surface area contributed by atoms with E-state index in [4.69, 9.17) is 9.47 Å². The van der Waals surface area contributed by atoms with Crippen LogP contribution in [0.1, 0.15) is 40.9 Å². The van der Waals surface area contributed by atoms with Crippen molar-refractivity contribution in [2.24, 2.45) is 0 Å². The van der Waals surface area contributed by atoms with Gasteiger partial charge in [0.2, 0.25) is 11.5 Å². The maximum atomic E-state index is 12.7. The maximum absolute atomic E-state index is 12.7. The van der Waals surface area contributed by atoms with Crippen LogP contribution >= 0.6 is 0 Å². The summed E-state index contributed by atoms with van der Waals surface area (Å²) in [5.74, 6) is -2.63. The zero-order valence-electron chi connectivity index (χ0n) is 19.1. The van der Waals surface area contributed by atoms with Crippen molar-refractivity contribution >= 4 is 23.8 Å². The van der Waals surface area contributed by atoms with Crippen molar-refractivity contribution in [2.75, 3.05) is 25.6 Å². The van der Waals surface area contributed by atoms with Crippen molar-refractivity contribution in [2.45, 2.75) is 24.8 Å². The summed E-state index contributed by atoms with van der Waals surface area (Å²) in [5.41, 5.74) is 2.19. The van der Waals surface area contributed by atoms with E-state index < -0.39 is 29.2 Å². The minimum absolute atomic E-state index is 0.0440. The number of benzene rings is 2. The summed E-state index contributed by atoms with van der Waals surface area (Å²) in [6.07, 6.45) is -0.823. The van der Waals surface area contributed by atoms with Crippen LogP contribution < -0.4 is 10.6 Å². The predicted octanol–water partition coefficient (Wildman–Crippen LogP) is 3.04. The number of hydrogen-bond acceptors (Lipinski definition) is 8. The van der Waals surface area contributed by atoms with Crippen LogP contribution in [0.2, 0.25) is 0 Å². The van der Waals surface area contributed by atoms with E-state index in [0.717, 1.165) is 22.3 Å². The number of hydrogen-bond donors (Lipinski definition) is 3. The summed E-state index contributed by atoms with van der Waals surface area (Å²) in [7, 11) is 1.32. The first-order chi connectivity index (χ1) is 16.9. The van der Waals surface area contributed by atoms with Gasteiger partial charge in [0, 0.05) is 13.0 Å². The number of carboxylic acid groups (broad SMARTS) is 1. The van der Waals surface area contributed by atoms with Crippen LogP contribution in [0.25, 0.3) is 11.1 Å². The van der Waals surface area contributed by atoms with Gasteiger partial charge in [-0.1, -0.05) is 55.5 Å². The topological polar surface area (TPSA) is 153 Å². The molecule has 0 spiro atoms.